The van der Waals surface area contributed by atoms with Gasteiger partial charge in [0.25, 0.3) is 0 Å². The number of rotatable bonds is 7. The Morgan fingerprint density at radius 1 is 1.33 bits per heavy atom. The van der Waals surface area contributed by atoms with Crippen LogP contribution in [0.2, 0.25) is 0 Å². The molecule has 1 amide bonds. The maximum atomic E-state index is 12.1. The van der Waals surface area contributed by atoms with Crippen LogP contribution in [0.1, 0.15) is 40.0 Å². The zero-order valence-electron chi connectivity index (χ0n) is 11.8. The molecule has 1 saturated heterocycles. The van der Waals surface area contributed by atoms with Crippen LogP contribution >= 0.6 is 0 Å². The Kier molecular flexibility index (Phi) is 6.60. The number of carbonyl (C=O) groups is 1. The minimum Gasteiger partial charge on any atom is -0.351 e. The summed E-state index contributed by atoms with van der Waals surface area (Å²) in [6.07, 6.45) is 2.77. The number of hydrogen-bond donors (Lipinski definition) is 2. The fraction of sp³-hybridized carbons (Fsp3) is 0.923. The summed E-state index contributed by atoms with van der Waals surface area (Å²) >= 11 is 0. The zero-order chi connectivity index (χ0) is 13.4. The second-order valence-corrected chi connectivity index (χ2v) is 4.77. The summed E-state index contributed by atoms with van der Waals surface area (Å²) in [5.41, 5.74) is -0.443. The van der Waals surface area contributed by atoms with Gasteiger partial charge in [0.05, 0.1) is 12.1 Å². The SMILES string of the molecule is CCOC(CNC(=O)C1(C)CCCCN1)OCC. The van der Waals surface area contributed by atoms with Gasteiger partial charge in [0.2, 0.25) is 5.91 Å². The molecule has 1 rings (SSSR count). The molecule has 0 spiro atoms. The topological polar surface area (TPSA) is 59.6 Å². The van der Waals surface area contributed by atoms with Crippen molar-refractivity contribution in [3.8, 4) is 0 Å². The quantitative estimate of drug-likeness (QED) is 0.670. The fourth-order valence-electron chi connectivity index (χ4n) is 2.16. The minimum absolute atomic E-state index is 0.0339. The predicted molar refractivity (Wildman–Crippen MR) is 70.3 cm³/mol. The Balaban J connectivity index is 2.38. The van der Waals surface area contributed by atoms with Crippen molar-refractivity contribution in [2.75, 3.05) is 26.3 Å². The smallest absolute Gasteiger partial charge is 0.240 e. The Bertz CT molecular complexity index is 247. The summed E-state index contributed by atoms with van der Waals surface area (Å²) in [4.78, 5) is 12.1. The third kappa shape index (κ3) is 4.55. The lowest BCUT2D eigenvalue weighted by Gasteiger charge is -2.33. The molecule has 1 fully saturated rings. The minimum atomic E-state index is -0.443. The molecule has 5 heteroatoms. The molecule has 0 aromatic carbocycles. The van der Waals surface area contributed by atoms with Crippen molar-refractivity contribution in [3.63, 3.8) is 0 Å². The van der Waals surface area contributed by atoms with Crippen LogP contribution in [0, 0.1) is 0 Å². The van der Waals surface area contributed by atoms with Crippen molar-refractivity contribution in [2.24, 2.45) is 0 Å². The van der Waals surface area contributed by atoms with Crippen molar-refractivity contribution in [1.29, 1.82) is 0 Å². The maximum absolute atomic E-state index is 12.1. The lowest BCUT2D eigenvalue weighted by Crippen LogP contribution is -2.57. The lowest BCUT2D eigenvalue weighted by atomic mass is 9.90. The molecule has 0 radical (unpaired) electrons. The van der Waals surface area contributed by atoms with E-state index in [4.69, 9.17) is 9.47 Å². The highest BCUT2D eigenvalue weighted by molar-refractivity contribution is 5.85. The van der Waals surface area contributed by atoms with Gasteiger partial charge in [-0.25, -0.2) is 0 Å². The standard InChI is InChI=1S/C13H26N2O3/c1-4-17-11(18-5-2)10-14-12(16)13(3)8-6-7-9-15-13/h11,15H,4-10H2,1-3H3,(H,14,16). The molecule has 2 N–H and O–H groups in total. The predicted octanol–water partition coefficient (Wildman–Crippen LogP) is 1.03. The average Bonchev–Trinajstić information content (AvgIpc) is 2.37. The summed E-state index contributed by atoms with van der Waals surface area (Å²) in [5.74, 6) is 0.0339. The van der Waals surface area contributed by atoms with Crippen molar-refractivity contribution in [2.45, 2.75) is 51.9 Å². The molecule has 0 aromatic heterocycles. The first-order valence-electron chi connectivity index (χ1n) is 6.89. The van der Waals surface area contributed by atoms with Gasteiger partial charge in [0.15, 0.2) is 6.29 Å². The van der Waals surface area contributed by atoms with Crippen LogP contribution in [-0.4, -0.2) is 44.0 Å². The average molecular weight is 258 g/mol. The van der Waals surface area contributed by atoms with Crippen LogP contribution in [0.15, 0.2) is 0 Å². The van der Waals surface area contributed by atoms with E-state index >= 15 is 0 Å². The van der Waals surface area contributed by atoms with Gasteiger partial charge in [-0.15, -0.1) is 0 Å². The number of amides is 1. The van der Waals surface area contributed by atoms with Gasteiger partial charge in [-0.05, 0) is 46.6 Å². The van der Waals surface area contributed by atoms with E-state index in [-0.39, 0.29) is 12.2 Å². The van der Waals surface area contributed by atoms with Gasteiger partial charge in [0, 0.05) is 13.2 Å². The number of carbonyl (C=O) groups excluding carboxylic acids is 1. The molecule has 0 bridgehead atoms. The maximum Gasteiger partial charge on any atom is 0.240 e. The number of nitrogens with one attached hydrogen (secondary N) is 2. The molecule has 0 aromatic rings. The first-order valence-corrected chi connectivity index (χ1v) is 6.89. The highest BCUT2D eigenvalue weighted by Gasteiger charge is 2.34. The first-order chi connectivity index (χ1) is 8.62. The Morgan fingerprint density at radius 2 is 2.00 bits per heavy atom. The Labute approximate surface area is 110 Å². The second kappa shape index (κ2) is 7.71. The fourth-order valence-corrected chi connectivity index (χ4v) is 2.16. The molecule has 0 saturated carbocycles. The number of ether oxygens (including phenoxy) is 2. The summed E-state index contributed by atoms with van der Waals surface area (Å²) in [6.45, 7) is 8.25. The van der Waals surface area contributed by atoms with Crippen LogP contribution in [0.5, 0.6) is 0 Å². The molecule has 5 nitrogen and oxygen atoms in total. The molecule has 0 aliphatic carbocycles. The van der Waals surface area contributed by atoms with Crippen LogP contribution in [0.3, 0.4) is 0 Å². The van der Waals surface area contributed by atoms with Gasteiger partial charge >= 0.3 is 0 Å². The molecule has 18 heavy (non-hydrogen) atoms. The van der Waals surface area contributed by atoms with Crippen molar-refractivity contribution >= 4 is 5.91 Å². The molecule has 1 aliphatic heterocycles. The highest BCUT2D eigenvalue weighted by Crippen LogP contribution is 2.18. The zero-order valence-corrected chi connectivity index (χ0v) is 11.8. The van der Waals surface area contributed by atoms with E-state index in [1.807, 2.05) is 20.8 Å². The van der Waals surface area contributed by atoms with E-state index in [1.165, 1.54) is 0 Å². The van der Waals surface area contributed by atoms with E-state index < -0.39 is 5.54 Å². The second-order valence-electron chi connectivity index (χ2n) is 4.77. The molecule has 106 valence electrons. The van der Waals surface area contributed by atoms with E-state index in [0.29, 0.717) is 19.8 Å². The van der Waals surface area contributed by atoms with E-state index in [0.717, 1.165) is 25.8 Å². The van der Waals surface area contributed by atoms with Crippen molar-refractivity contribution < 1.29 is 14.3 Å². The number of hydrogen-bond acceptors (Lipinski definition) is 4. The molecular weight excluding hydrogens is 232 g/mol. The molecular formula is C13H26N2O3. The van der Waals surface area contributed by atoms with E-state index in [2.05, 4.69) is 10.6 Å². The normalized spacial score (nSPS) is 24.2. The van der Waals surface area contributed by atoms with Gasteiger partial charge in [0.1, 0.15) is 0 Å². The van der Waals surface area contributed by atoms with Gasteiger partial charge in [-0.1, -0.05) is 0 Å². The van der Waals surface area contributed by atoms with E-state index in [1.54, 1.807) is 0 Å². The van der Waals surface area contributed by atoms with Crippen LogP contribution in [-0.2, 0) is 14.3 Å². The van der Waals surface area contributed by atoms with Crippen LogP contribution < -0.4 is 10.6 Å². The summed E-state index contributed by atoms with van der Waals surface area (Å²) in [6, 6.07) is 0. The van der Waals surface area contributed by atoms with Gasteiger partial charge in [-0.3, -0.25) is 4.79 Å². The lowest BCUT2D eigenvalue weighted by molar-refractivity contribution is -0.143. The van der Waals surface area contributed by atoms with Crippen molar-refractivity contribution in [1.82, 2.24) is 10.6 Å². The Hall–Kier alpha value is -0.650. The molecule has 1 atom stereocenters. The van der Waals surface area contributed by atoms with Gasteiger partial charge < -0.3 is 20.1 Å². The van der Waals surface area contributed by atoms with Crippen LogP contribution in [0.25, 0.3) is 0 Å². The van der Waals surface area contributed by atoms with E-state index in [9.17, 15) is 4.79 Å². The highest BCUT2D eigenvalue weighted by atomic mass is 16.7. The largest absolute Gasteiger partial charge is 0.351 e. The third-order valence-electron chi connectivity index (χ3n) is 3.25. The molecule has 1 unspecified atom stereocenters. The first kappa shape index (κ1) is 15.4. The van der Waals surface area contributed by atoms with Crippen molar-refractivity contribution in [3.05, 3.63) is 0 Å². The molecule has 1 heterocycles. The number of piperidine rings is 1. The summed E-state index contributed by atoms with van der Waals surface area (Å²) < 4.78 is 10.8. The monoisotopic (exact) mass is 258 g/mol. The van der Waals surface area contributed by atoms with Gasteiger partial charge in [-0.2, -0.15) is 0 Å². The molecule has 1 aliphatic rings. The Morgan fingerprint density at radius 3 is 2.50 bits per heavy atom. The summed E-state index contributed by atoms with van der Waals surface area (Å²) in [7, 11) is 0. The van der Waals surface area contributed by atoms with Crippen LogP contribution in [0.4, 0.5) is 0 Å². The summed E-state index contributed by atoms with van der Waals surface area (Å²) in [5, 5.41) is 6.20. The third-order valence-corrected chi connectivity index (χ3v) is 3.25.